The quantitative estimate of drug-likeness (QED) is 0.780. The molecule has 1 atom stereocenters. The smallest absolute Gasteiger partial charge is 0.218 e. The molecule has 1 saturated heterocycles. The van der Waals surface area contributed by atoms with Gasteiger partial charge >= 0.3 is 0 Å². The molecule has 0 aromatic carbocycles. The summed E-state index contributed by atoms with van der Waals surface area (Å²) in [6.07, 6.45) is 2.19. The van der Waals surface area contributed by atoms with Gasteiger partial charge in [0.1, 0.15) is 18.4 Å². The SMILES string of the molecule is COCCOc1c(N)cc(C#N)n1C[C@@H]1CCCO1. The lowest BCUT2D eigenvalue weighted by Gasteiger charge is -2.15. The molecular formula is C13H19N3O3. The lowest BCUT2D eigenvalue weighted by atomic mass is 10.2. The van der Waals surface area contributed by atoms with Gasteiger partial charge in [0.2, 0.25) is 5.88 Å². The fourth-order valence-electron chi connectivity index (χ4n) is 2.20. The van der Waals surface area contributed by atoms with Crippen molar-refractivity contribution in [1.82, 2.24) is 4.57 Å². The van der Waals surface area contributed by atoms with Crippen LogP contribution < -0.4 is 10.5 Å². The van der Waals surface area contributed by atoms with Crippen LogP contribution in [0.25, 0.3) is 0 Å². The zero-order chi connectivity index (χ0) is 13.7. The van der Waals surface area contributed by atoms with Crippen molar-refractivity contribution < 1.29 is 14.2 Å². The van der Waals surface area contributed by atoms with Crippen LogP contribution in [0.1, 0.15) is 18.5 Å². The number of methoxy groups -OCH3 is 1. The second kappa shape index (κ2) is 6.45. The minimum atomic E-state index is 0.128. The summed E-state index contributed by atoms with van der Waals surface area (Å²) in [5.74, 6) is 0.532. The first-order valence-electron chi connectivity index (χ1n) is 6.38. The predicted octanol–water partition coefficient (Wildman–Crippen LogP) is 1.15. The van der Waals surface area contributed by atoms with Gasteiger partial charge in [-0.25, -0.2) is 0 Å². The molecule has 0 amide bonds. The number of ether oxygens (including phenoxy) is 3. The molecule has 2 N–H and O–H groups in total. The Labute approximate surface area is 112 Å². The number of hydrogen-bond donors (Lipinski definition) is 1. The van der Waals surface area contributed by atoms with E-state index in [9.17, 15) is 0 Å². The Balaban J connectivity index is 2.14. The number of nitrogen functional groups attached to an aromatic ring is 1. The standard InChI is InChI=1S/C13H19N3O3/c1-17-5-6-19-13-12(15)7-10(8-14)16(13)9-11-3-2-4-18-11/h7,11H,2-6,9,15H2,1H3/t11-/m0/s1. The minimum absolute atomic E-state index is 0.128. The van der Waals surface area contributed by atoms with E-state index in [1.54, 1.807) is 17.7 Å². The summed E-state index contributed by atoms with van der Waals surface area (Å²) < 4.78 is 17.9. The summed E-state index contributed by atoms with van der Waals surface area (Å²) in [5, 5.41) is 9.15. The molecule has 6 heteroatoms. The van der Waals surface area contributed by atoms with Gasteiger partial charge in [0.25, 0.3) is 0 Å². The number of nitrogens with two attached hydrogens (primary N) is 1. The highest BCUT2D eigenvalue weighted by Crippen LogP contribution is 2.28. The van der Waals surface area contributed by atoms with Gasteiger partial charge in [-0.3, -0.25) is 4.57 Å². The van der Waals surface area contributed by atoms with Crippen LogP contribution in [0.2, 0.25) is 0 Å². The van der Waals surface area contributed by atoms with E-state index in [-0.39, 0.29) is 6.10 Å². The zero-order valence-corrected chi connectivity index (χ0v) is 11.1. The fraction of sp³-hybridized carbons (Fsp3) is 0.615. The molecule has 1 aromatic rings. The van der Waals surface area contributed by atoms with Crippen molar-refractivity contribution in [3.05, 3.63) is 11.8 Å². The molecule has 0 bridgehead atoms. The summed E-state index contributed by atoms with van der Waals surface area (Å²) in [6, 6.07) is 3.77. The van der Waals surface area contributed by atoms with Gasteiger partial charge < -0.3 is 19.9 Å². The molecule has 6 nitrogen and oxygen atoms in total. The van der Waals surface area contributed by atoms with Crippen molar-refractivity contribution in [2.24, 2.45) is 0 Å². The normalized spacial score (nSPS) is 18.4. The van der Waals surface area contributed by atoms with Gasteiger partial charge in [-0.15, -0.1) is 0 Å². The second-order valence-corrected chi connectivity index (χ2v) is 4.49. The van der Waals surface area contributed by atoms with Crippen LogP contribution in [0.15, 0.2) is 6.07 Å². The third-order valence-corrected chi connectivity index (χ3v) is 3.13. The van der Waals surface area contributed by atoms with E-state index in [2.05, 4.69) is 6.07 Å². The Morgan fingerprint density at radius 3 is 3.05 bits per heavy atom. The van der Waals surface area contributed by atoms with Gasteiger partial charge in [-0.05, 0) is 12.8 Å². The highest BCUT2D eigenvalue weighted by atomic mass is 16.5. The van der Waals surface area contributed by atoms with Crippen LogP contribution >= 0.6 is 0 Å². The molecule has 0 spiro atoms. The van der Waals surface area contributed by atoms with E-state index in [1.807, 2.05) is 0 Å². The molecule has 2 rings (SSSR count). The van der Waals surface area contributed by atoms with Crippen molar-refractivity contribution in [3.8, 4) is 11.9 Å². The topological polar surface area (TPSA) is 82.4 Å². The largest absolute Gasteiger partial charge is 0.475 e. The van der Waals surface area contributed by atoms with E-state index in [0.717, 1.165) is 19.4 Å². The molecule has 104 valence electrons. The summed E-state index contributed by atoms with van der Waals surface area (Å²) in [7, 11) is 1.61. The van der Waals surface area contributed by atoms with E-state index in [1.165, 1.54) is 0 Å². The molecule has 19 heavy (non-hydrogen) atoms. The Bertz CT molecular complexity index is 458. The van der Waals surface area contributed by atoms with Crippen LogP contribution in [0, 0.1) is 11.3 Å². The predicted molar refractivity (Wildman–Crippen MR) is 69.9 cm³/mol. The molecule has 1 aliphatic heterocycles. The lowest BCUT2D eigenvalue weighted by molar-refractivity contribution is 0.0918. The van der Waals surface area contributed by atoms with Crippen LogP contribution in [0.5, 0.6) is 5.88 Å². The molecule has 1 aromatic heterocycles. The highest BCUT2D eigenvalue weighted by molar-refractivity contribution is 5.55. The van der Waals surface area contributed by atoms with E-state index < -0.39 is 0 Å². The van der Waals surface area contributed by atoms with E-state index >= 15 is 0 Å². The third-order valence-electron chi connectivity index (χ3n) is 3.13. The van der Waals surface area contributed by atoms with Crippen LogP contribution in [-0.2, 0) is 16.0 Å². The average molecular weight is 265 g/mol. The second-order valence-electron chi connectivity index (χ2n) is 4.49. The van der Waals surface area contributed by atoms with Crippen molar-refractivity contribution >= 4 is 5.69 Å². The van der Waals surface area contributed by atoms with Gasteiger partial charge in [0.05, 0.1) is 24.9 Å². The number of rotatable bonds is 6. The van der Waals surface area contributed by atoms with E-state index in [0.29, 0.717) is 37.0 Å². The van der Waals surface area contributed by atoms with Crippen molar-refractivity contribution in [1.29, 1.82) is 5.26 Å². The maximum absolute atomic E-state index is 9.15. The lowest BCUT2D eigenvalue weighted by Crippen LogP contribution is -2.18. The third kappa shape index (κ3) is 3.19. The maximum atomic E-state index is 9.15. The monoisotopic (exact) mass is 265 g/mol. The zero-order valence-electron chi connectivity index (χ0n) is 11.1. The number of nitrogens with zero attached hydrogens (tertiary/aromatic N) is 2. The van der Waals surface area contributed by atoms with Crippen molar-refractivity contribution in [3.63, 3.8) is 0 Å². The molecule has 0 aliphatic carbocycles. The van der Waals surface area contributed by atoms with Crippen LogP contribution in [-0.4, -0.2) is 37.6 Å². The maximum Gasteiger partial charge on any atom is 0.218 e. The van der Waals surface area contributed by atoms with Gasteiger partial charge in [-0.2, -0.15) is 5.26 Å². The summed E-state index contributed by atoms with van der Waals surface area (Å²) >= 11 is 0. The number of hydrogen-bond acceptors (Lipinski definition) is 5. The molecule has 1 aliphatic rings. The first kappa shape index (κ1) is 13.7. The Morgan fingerprint density at radius 1 is 1.58 bits per heavy atom. The molecule has 1 fully saturated rings. The van der Waals surface area contributed by atoms with Crippen molar-refractivity contribution in [2.45, 2.75) is 25.5 Å². The highest BCUT2D eigenvalue weighted by Gasteiger charge is 2.21. The van der Waals surface area contributed by atoms with E-state index in [4.69, 9.17) is 25.2 Å². The first-order valence-corrected chi connectivity index (χ1v) is 6.38. The number of anilines is 1. The fourth-order valence-corrected chi connectivity index (χ4v) is 2.20. The molecular weight excluding hydrogens is 246 g/mol. The summed E-state index contributed by atoms with van der Waals surface area (Å²) in [4.78, 5) is 0. The summed E-state index contributed by atoms with van der Waals surface area (Å²) in [6.45, 7) is 2.26. The Kier molecular flexibility index (Phi) is 4.66. The molecule has 0 unspecified atom stereocenters. The first-order chi connectivity index (χ1) is 9.26. The Morgan fingerprint density at radius 2 is 2.42 bits per heavy atom. The van der Waals surface area contributed by atoms with Gasteiger partial charge in [0.15, 0.2) is 0 Å². The number of nitriles is 1. The Hall–Kier alpha value is -1.71. The molecule has 0 saturated carbocycles. The average Bonchev–Trinajstić information content (AvgIpc) is 3.01. The van der Waals surface area contributed by atoms with Crippen LogP contribution in [0.3, 0.4) is 0 Å². The molecule has 0 radical (unpaired) electrons. The molecule has 2 heterocycles. The minimum Gasteiger partial charge on any atom is -0.475 e. The van der Waals surface area contributed by atoms with Crippen molar-refractivity contribution in [2.75, 3.05) is 32.7 Å². The number of aromatic nitrogens is 1. The summed E-state index contributed by atoms with van der Waals surface area (Å²) in [5.41, 5.74) is 6.87. The van der Waals surface area contributed by atoms with Gasteiger partial charge in [0, 0.05) is 19.8 Å². The van der Waals surface area contributed by atoms with Gasteiger partial charge in [-0.1, -0.05) is 0 Å². The van der Waals surface area contributed by atoms with Crippen LogP contribution in [0.4, 0.5) is 5.69 Å².